The molecule has 0 atom stereocenters. The highest BCUT2D eigenvalue weighted by molar-refractivity contribution is 6.03. The minimum atomic E-state index is -0.725. The summed E-state index contributed by atoms with van der Waals surface area (Å²) in [5.41, 5.74) is -0.353. The number of nitro benzene ring substituents is 2. The second kappa shape index (κ2) is 7.58. The molecule has 3 aromatic rings. The van der Waals surface area contributed by atoms with Crippen LogP contribution in [0.1, 0.15) is 10.6 Å². The number of nitrogens with zero attached hydrogens (tertiary/aromatic N) is 2. The van der Waals surface area contributed by atoms with E-state index in [4.69, 9.17) is 9.15 Å². The van der Waals surface area contributed by atoms with Gasteiger partial charge in [0.25, 0.3) is 17.3 Å². The van der Waals surface area contributed by atoms with Crippen molar-refractivity contribution in [2.24, 2.45) is 0 Å². The zero-order valence-corrected chi connectivity index (χ0v) is 14.4. The quantitative estimate of drug-likeness (QED) is 0.501. The lowest BCUT2D eigenvalue weighted by molar-refractivity contribution is -0.384. The average molecular weight is 383 g/mol. The molecule has 3 rings (SSSR count). The Morgan fingerprint density at radius 3 is 2.39 bits per heavy atom. The molecule has 1 aromatic heterocycles. The van der Waals surface area contributed by atoms with Crippen LogP contribution in [0.5, 0.6) is 5.75 Å². The molecular formula is C18H13N3O7. The predicted molar refractivity (Wildman–Crippen MR) is 98.4 cm³/mol. The van der Waals surface area contributed by atoms with Crippen molar-refractivity contribution in [2.75, 3.05) is 12.4 Å². The molecule has 0 unspecified atom stereocenters. The van der Waals surface area contributed by atoms with E-state index in [1.54, 1.807) is 0 Å². The number of furan rings is 1. The molecule has 0 aliphatic heterocycles. The molecule has 1 heterocycles. The predicted octanol–water partition coefficient (Wildman–Crippen LogP) is 4.02. The fourth-order valence-electron chi connectivity index (χ4n) is 2.52. The summed E-state index contributed by atoms with van der Waals surface area (Å²) in [6, 6.07) is 12.6. The summed E-state index contributed by atoms with van der Waals surface area (Å²) >= 11 is 0. The number of nitrogens with one attached hydrogen (secondary N) is 1. The Labute approximate surface area is 157 Å². The summed E-state index contributed by atoms with van der Waals surface area (Å²) < 4.78 is 10.4. The van der Waals surface area contributed by atoms with Gasteiger partial charge in [0.15, 0.2) is 5.76 Å². The Bertz CT molecular complexity index is 1070. The Morgan fingerprint density at radius 2 is 1.71 bits per heavy atom. The van der Waals surface area contributed by atoms with Gasteiger partial charge in [-0.15, -0.1) is 0 Å². The van der Waals surface area contributed by atoms with Gasteiger partial charge in [-0.3, -0.25) is 25.0 Å². The molecule has 0 aliphatic carbocycles. The van der Waals surface area contributed by atoms with E-state index in [1.807, 2.05) is 0 Å². The highest BCUT2D eigenvalue weighted by atomic mass is 16.6. The van der Waals surface area contributed by atoms with Crippen LogP contribution in [0.25, 0.3) is 11.3 Å². The standard InChI is InChI=1S/C18H13N3O7/c1-27-11-6-7-12(15(10-11)21(25)26)16-8-9-17(28-16)18(22)19-13-4-2-3-5-14(13)20(23)24/h2-10H,1H3,(H,19,22). The maximum Gasteiger partial charge on any atom is 0.292 e. The van der Waals surface area contributed by atoms with E-state index < -0.39 is 15.8 Å². The minimum Gasteiger partial charge on any atom is -0.497 e. The van der Waals surface area contributed by atoms with Crippen LogP contribution in [0.15, 0.2) is 59.0 Å². The van der Waals surface area contributed by atoms with Crippen LogP contribution in [0.3, 0.4) is 0 Å². The van der Waals surface area contributed by atoms with Gasteiger partial charge >= 0.3 is 0 Å². The van der Waals surface area contributed by atoms with Crippen LogP contribution in [-0.2, 0) is 0 Å². The van der Waals surface area contributed by atoms with Gasteiger partial charge in [-0.25, -0.2) is 0 Å². The van der Waals surface area contributed by atoms with Gasteiger partial charge in [-0.2, -0.15) is 0 Å². The van der Waals surface area contributed by atoms with Crippen molar-refractivity contribution < 1.29 is 23.8 Å². The maximum atomic E-state index is 12.4. The van der Waals surface area contributed by atoms with Crippen LogP contribution in [0.2, 0.25) is 0 Å². The third kappa shape index (κ3) is 3.65. The molecule has 0 saturated heterocycles. The first-order valence-corrected chi connectivity index (χ1v) is 7.88. The molecule has 10 heteroatoms. The van der Waals surface area contributed by atoms with Gasteiger partial charge < -0.3 is 14.5 Å². The number of methoxy groups -OCH3 is 1. The fourth-order valence-corrected chi connectivity index (χ4v) is 2.52. The number of carbonyl (C=O) groups is 1. The molecular weight excluding hydrogens is 370 g/mol. The Kier molecular flexibility index (Phi) is 5.03. The molecule has 28 heavy (non-hydrogen) atoms. The van der Waals surface area contributed by atoms with Crippen LogP contribution < -0.4 is 10.1 Å². The molecule has 2 aromatic carbocycles. The zero-order valence-electron chi connectivity index (χ0n) is 14.4. The number of anilines is 1. The summed E-state index contributed by atoms with van der Waals surface area (Å²) in [6.07, 6.45) is 0. The fraction of sp³-hybridized carbons (Fsp3) is 0.0556. The van der Waals surface area contributed by atoms with Crippen LogP contribution >= 0.6 is 0 Å². The smallest absolute Gasteiger partial charge is 0.292 e. The van der Waals surface area contributed by atoms with E-state index in [0.29, 0.717) is 5.75 Å². The van der Waals surface area contributed by atoms with Crippen LogP contribution in [0.4, 0.5) is 17.1 Å². The first-order valence-electron chi connectivity index (χ1n) is 7.88. The Hall–Kier alpha value is -4.21. The Balaban J connectivity index is 1.90. The number of benzene rings is 2. The zero-order chi connectivity index (χ0) is 20.3. The van der Waals surface area contributed by atoms with E-state index >= 15 is 0 Å². The molecule has 1 amide bonds. The molecule has 10 nitrogen and oxygen atoms in total. The van der Waals surface area contributed by atoms with E-state index in [9.17, 15) is 25.0 Å². The molecule has 0 saturated carbocycles. The van der Waals surface area contributed by atoms with Gasteiger partial charge in [0.1, 0.15) is 17.2 Å². The number of hydrogen-bond acceptors (Lipinski definition) is 7. The van der Waals surface area contributed by atoms with Crippen LogP contribution in [-0.4, -0.2) is 22.9 Å². The highest BCUT2D eigenvalue weighted by Crippen LogP contribution is 2.34. The van der Waals surface area contributed by atoms with Gasteiger partial charge in [0.2, 0.25) is 0 Å². The van der Waals surface area contributed by atoms with Gasteiger partial charge in [0, 0.05) is 6.07 Å². The van der Waals surface area contributed by atoms with E-state index in [-0.39, 0.29) is 34.1 Å². The first kappa shape index (κ1) is 18.6. The molecule has 1 N–H and O–H groups in total. The minimum absolute atomic E-state index is 0.00544. The molecule has 0 bridgehead atoms. The second-order valence-electron chi connectivity index (χ2n) is 5.53. The lowest BCUT2D eigenvalue weighted by atomic mass is 10.1. The van der Waals surface area contributed by atoms with Crippen molar-refractivity contribution in [2.45, 2.75) is 0 Å². The van der Waals surface area contributed by atoms with Crippen molar-refractivity contribution in [1.29, 1.82) is 0 Å². The van der Waals surface area contributed by atoms with Crippen molar-refractivity contribution in [3.8, 4) is 17.1 Å². The van der Waals surface area contributed by atoms with E-state index in [2.05, 4.69) is 5.32 Å². The van der Waals surface area contributed by atoms with Crippen molar-refractivity contribution >= 4 is 23.0 Å². The van der Waals surface area contributed by atoms with Crippen LogP contribution in [0, 0.1) is 20.2 Å². The SMILES string of the molecule is COc1ccc(-c2ccc(C(=O)Nc3ccccc3[N+](=O)[O-])o2)c([N+](=O)[O-])c1. The Morgan fingerprint density at radius 1 is 1.00 bits per heavy atom. The summed E-state index contributed by atoms with van der Waals surface area (Å²) in [5.74, 6) is -0.478. The molecule has 0 aliphatic rings. The molecule has 142 valence electrons. The molecule has 0 fully saturated rings. The third-order valence-electron chi connectivity index (χ3n) is 3.85. The second-order valence-corrected chi connectivity index (χ2v) is 5.53. The summed E-state index contributed by atoms with van der Waals surface area (Å²) in [7, 11) is 1.39. The van der Waals surface area contributed by atoms with Crippen molar-refractivity contribution in [3.63, 3.8) is 0 Å². The number of nitro groups is 2. The largest absolute Gasteiger partial charge is 0.497 e. The summed E-state index contributed by atoms with van der Waals surface area (Å²) in [5, 5.41) is 24.8. The lowest BCUT2D eigenvalue weighted by Crippen LogP contribution is -2.12. The number of amides is 1. The summed E-state index contributed by atoms with van der Waals surface area (Å²) in [6.45, 7) is 0. The van der Waals surface area contributed by atoms with Gasteiger partial charge in [0.05, 0.1) is 28.6 Å². The number of ether oxygens (including phenoxy) is 1. The summed E-state index contributed by atoms with van der Waals surface area (Å²) in [4.78, 5) is 33.5. The van der Waals surface area contributed by atoms with E-state index in [1.165, 1.54) is 61.7 Å². The van der Waals surface area contributed by atoms with Crippen molar-refractivity contribution in [1.82, 2.24) is 0 Å². The topological polar surface area (TPSA) is 138 Å². The van der Waals surface area contributed by atoms with Crippen molar-refractivity contribution in [3.05, 3.63) is 80.6 Å². The van der Waals surface area contributed by atoms with Gasteiger partial charge in [-0.1, -0.05) is 12.1 Å². The number of rotatable bonds is 6. The highest BCUT2D eigenvalue weighted by Gasteiger charge is 2.22. The van der Waals surface area contributed by atoms with E-state index in [0.717, 1.165) is 0 Å². The number of para-hydroxylation sites is 2. The number of carbonyl (C=O) groups excluding carboxylic acids is 1. The lowest BCUT2D eigenvalue weighted by Gasteiger charge is -2.05. The maximum absolute atomic E-state index is 12.4. The molecule has 0 spiro atoms. The normalized spacial score (nSPS) is 10.3. The third-order valence-corrected chi connectivity index (χ3v) is 3.85. The molecule has 0 radical (unpaired) electrons. The average Bonchev–Trinajstić information content (AvgIpc) is 3.18. The van der Waals surface area contributed by atoms with Gasteiger partial charge in [-0.05, 0) is 30.3 Å². The monoisotopic (exact) mass is 383 g/mol. The first-order chi connectivity index (χ1) is 13.4. The number of hydrogen-bond donors (Lipinski definition) is 1.